The highest BCUT2D eigenvalue weighted by Crippen LogP contribution is 2.29. The number of nitrogens with zero attached hydrogens (tertiary/aromatic N) is 6. The van der Waals surface area contributed by atoms with E-state index in [2.05, 4.69) is 62.3 Å². The van der Waals surface area contributed by atoms with Gasteiger partial charge in [0.1, 0.15) is 5.69 Å². The number of aryl methyl sites for hydroxylation is 2. The fourth-order valence-corrected chi connectivity index (χ4v) is 3.52. The van der Waals surface area contributed by atoms with Crippen LogP contribution in [-0.4, -0.2) is 50.8 Å². The third-order valence-corrected chi connectivity index (χ3v) is 4.92. The molecule has 0 aliphatic carbocycles. The lowest BCUT2D eigenvalue weighted by Gasteiger charge is -2.35. The largest absolute Gasteiger partial charge is 0.352 e. The Hall–Kier alpha value is -2.73. The van der Waals surface area contributed by atoms with E-state index in [0.717, 1.165) is 49.8 Å². The number of hydrogen-bond acceptors (Lipinski definition) is 5. The second kappa shape index (κ2) is 7.25. The first-order valence-electron chi connectivity index (χ1n) is 9.02. The second-order valence-corrected chi connectivity index (χ2v) is 6.83. The van der Waals surface area contributed by atoms with Gasteiger partial charge in [0.25, 0.3) is 0 Å². The average Bonchev–Trinajstić information content (AvgIpc) is 3.08. The molecule has 4 rings (SSSR count). The van der Waals surface area contributed by atoms with Crippen LogP contribution in [0.25, 0.3) is 11.3 Å². The van der Waals surface area contributed by atoms with Crippen LogP contribution in [0.1, 0.15) is 11.1 Å². The van der Waals surface area contributed by atoms with E-state index in [1.165, 1.54) is 11.1 Å². The zero-order valence-corrected chi connectivity index (χ0v) is 15.3. The Kier molecular flexibility index (Phi) is 4.67. The van der Waals surface area contributed by atoms with Gasteiger partial charge in [0.15, 0.2) is 5.82 Å². The zero-order chi connectivity index (χ0) is 17.9. The minimum absolute atomic E-state index is 0.951. The molecule has 1 aliphatic heterocycles. The van der Waals surface area contributed by atoms with Crippen LogP contribution in [0.5, 0.6) is 0 Å². The third kappa shape index (κ3) is 3.46. The Bertz CT molecular complexity index is 879. The van der Waals surface area contributed by atoms with Crippen LogP contribution < -0.4 is 4.90 Å². The minimum Gasteiger partial charge on any atom is -0.352 e. The number of hydrogen-bond donors (Lipinski definition) is 0. The molecule has 0 atom stereocenters. The van der Waals surface area contributed by atoms with Crippen LogP contribution in [0, 0.1) is 6.92 Å². The van der Waals surface area contributed by atoms with Crippen LogP contribution >= 0.6 is 0 Å². The molecule has 1 aromatic carbocycles. The molecule has 0 unspecified atom stereocenters. The molecule has 26 heavy (non-hydrogen) atoms. The van der Waals surface area contributed by atoms with E-state index in [1.807, 2.05) is 17.9 Å². The molecule has 0 saturated carbocycles. The molecule has 2 aromatic heterocycles. The first-order chi connectivity index (χ1) is 12.7. The molecule has 134 valence electrons. The summed E-state index contributed by atoms with van der Waals surface area (Å²) < 4.78 is 1.86. The maximum atomic E-state index is 4.66. The standard InChI is InChI=1S/C20H24N6/c1-16-5-3-4-6-18(16)19-20(22-8-7-21-19)26-11-9-25(10-12-26)15-17-13-23-24(2)14-17/h3-8,13-14H,9-12,15H2,1-2H3. The monoisotopic (exact) mass is 348 g/mol. The van der Waals surface area contributed by atoms with E-state index in [-0.39, 0.29) is 0 Å². The molecule has 1 saturated heterocycles. The van der Waals surface area contributed by atoms with Gasteiger partial charge in [-0.25, -0.2) is 4.98 Å². The molecule has 0 radical (unpaired) electrons. The predicted molar refractivity (Wildman–Crippen MR) is 103 cm³/mol. The fourth-order valence-electron chi connectivity index (χ4n) is 3.52. The summed E-state index contributed by atoms with van der Waals surface area (Å²) in [4.78, 5) is 14.1. The summed E-state index contributed by atoms with van der Waals surface area (Å²) in [6.07, 6.45) is 7.61. The summed E-state index contributed by atoms with van der Waals surface area (Å²) in [5.74, 6) is 0.989. The van der Waals surface area contributed by atoms with Crippen LogP contribution in [0.3, 0.4) is 0 Å². The van der Waals surface area contributed by atoms with Crippen molar-refractivity contribution < 1.29 is 0 Å². The summed E-state index contributed by atoms with van der Waals surface area (Å²) in [6, 6.07) is 8.37. The van der Waals surface area contributed by atoms with Crippen molar-refractivity contribution in [1.82, 2.24) is 24.6 Å². The van der Waals surface area contributed by atoms with Gasteiger partial charge in [-0.1, -0.05) is 24.3 Å². The first kappa shape index (κ1) is 16.7. The third-order valence-electron chi connectivity index (χ3n) is 4.92. The van der Waals surface area contributed by atoms with E-state index in [4.69, 9.17) is 0 Å². The summed E-state index contributed by atoms with van der Waals surface area (Å²) in [5, 5.41) is 4.26. The van der Waals surface area contributed by atoms with E-state index in [0.29, 0.717) is 0 Å². The zero-order valence-electron chi connectivity index (χ0n) is 15.3. The topological polar surface area (TPSA) is 50.1 Å². The highest BCUT2D eigenvalue weighted by Gasteiger charge is 2.22. The molecule has 1 fully saturated rings. The maximum absolute atomic E-state index is 4.66. The van der Waals surface area contributed by atoms with Crippen molar-refractivity contribution in [3.05, 3.63) is 60.2 Å². The van der Waals surface area contributed by atoms with E-state index in [1.54, 1.807) is 12.4 Å². The van der Waals surface area contributed by atoms with E-state index < -0.39 is 0 Å². The highest BCUT2D eigenvalue weighted by atomic mass is 15.3. The Morgan fingerprint density at radius 3 is 2.50 bits per heavy atom. The van der Waals surface area contributed by atoms with Gasteiger partial charge in [-0.2, -0.15) is 5.10 Å². The number of anilines is 1. The Morgan fingerprint density at radius 2 is 1.77 bits per heavy atom. The molecule has 3 heterocycles. The Labute approximate surface area is 154 Å². The van der Waals surface area contributed by atoms with Gasteiger partial charge in [-0.15, -0.1) is 0 Å². The smallest absolute Gasteiger partial charge is 0.155 e. The molecule has 6 nitrogen and oxygen atoms in total. The average molecular weight is 348 g/mol. The summed E-state index contributed by atoms with van der Waals surface area (Å²) in [5.41, 5.74) is 4.63. The summed E-state index contributed by atoms with van der Waals surface area (Å²) >= 11 is 0. The van der Waals surface area contributed by atoms with Crippen LogP contribution in [0.4, 0.5) is 5.82 Å². The van der Waals surface area contributed by atoms with Crippen molar-refractivity contribution in [2.45, 2.75) is 13.5 Å². The van der Waals surface area contributed by atoms with E-state index in [9.17, 15) is 0 Å². The fraction of sp³-hybridized carbons (Fsp3) is 0.350. The van der Waals surface area contributed by atoms with Gasteiger partial charge in [0, 0.05) is 69.5 Å². The summed E-state index contributed by atoms with van der Waals surface area (Å²) in [7, 11) is 1.96. The van der Waals surface area contributed by atoms with Gasteiger partial charge in [-0.3, -0.25) is 14.6 Å². The van der Waals surface area contributed by atoms with Crippen LogP contribution in [-0.2, 0) is 13.6 Å². The first-order valence-corrected chi connectivity index (χ1v) is 9.02. The van der Waals surface area contributed by atoms with Gasteiger partial charge < -0.3 is 4.90 Å². The minimum atomic E-state index is 0.951. The molecule has 3 aromatic rings. The lowest BCUT2D eigenvalue weighted by molar-refractivity contribution is 0.249. The molecule has 0 spiro atoms. The van der Waals surface area contributed by atoms with Crippen molar-refractivity contribution in [3.8, 4) is 11.3 Å². The molecule has 0 amide bonds. The van der Waals surface area contributed by atoms with Gasteiger partial charge in [0.05, 0.1) is 6.20 Å². The van der Waals surface area contributed by atoms with Crippen molar-refractivity contribution in [2.24, 2.45) is 7.05 Å². The maximum Gasteiger partial charge on any atom is 0.155 e. The molecule has 1 aliphatic rings. The number of aromatic nitrogens is 4. The Balaban J connectivity index is 1.49. The normalized spacial score (nSPS) is 15.4. The molecule has 0 bridgehead atoms. The summed E-state index contributed by atoms with van der Waals surface area (Å²) in [6.45, 7) is 7.01. The van der Waals surface area contributed by atoms with Crippen molar-refractivity contribution in [2.75, 3.05) is 31.1 Å². The van der Waals surface area contributed by atoms with Crippen molar-refractivity contribution in [3.63, 3.8) is 0 Å². The number of piperazine rings is 1. The quantitative estimate of drug-likeness (QED) is 0.725. The lowest BCUT2D eigenvalue weighted by atomic mass is 10.1. The molecule has 6 heteroatoms. The van der Waals surface area contributed by atoms with Crippen molar-refractivity contribution >= 4 is 5.82 Å². The lowest BCUT2D eigenvalue weighted by Crippen LogP contribution is -2.46. The Morgan fingerprint density at radius 1 is 1.00 bits per heavy atom. The van der Waals surface area contributed by atoms with E-state index >= 15 is 0 Å². The number of rotatable bonds is 4. The second-order valence-electron chi connectivity index (χ2n) is 6.83. The predicted octanol–water partition coefficient (Wildman–Crippen LogP) is 2.51. The number of benzene rings is 1. The van der Waals surface area contributed by atoms with Crippen LogP contribution in [0.2, 0.25) is 0 Å². The van der Waals surface area contributed by atoms with Crippen molar-refractivity contribution in [1.29, 1.82) is 0 Å². The molecular formula is C20H24N6. The molecular weight excluding hydrogens is 324 g/mol. The SMILES string of the molecule is Cc1ccccc1-c1nccnc1N1CCN(Cc2cnn(C)c2)CC1. The molecule has 0 N–H and O–H groups in total. The van der Waals surface area contributed by atoms with Gasteiger partial charge in [-0.05, 0) is 12.5 Å². The highest BCUT2D eigenvalue weighted by molar-refractivity contribution is 5.74. The van der Waals surface area contributed by atoms with Crippen LogP contribution in [0.15, 0.2) is 49.1 Å². The van der Waals surface area contributed by atoms with Gasteiger partial charge in [0.2, 0.25) is 0 Å². The van der Waals surface area contributed by atoms with Gasteiger partial charge >= 0.3 is 0 Å².